The van der Waals surface area contributed by atoms with Crippen LogP contribution in [0.15, 0.2) is 5.38 Å². The molecule has 5 nitrogen and oxygen atoms in total. The van der Waals surface area contributed by atoms with Crippen molar-refractivity contribution in [2.24, 2.45) is 0 Å². The second-order valence-corrected chi connectivity index (χ2v) is 2.97. The van der Waals surface area contributed by atoms with Gasteiger partial charge in [0.1, 0.15) is 5.56 Å². The second-order valence-electron chi connectivity index (χ2n) is 2.13. The van der Waals surface area contributed by atoms with Gasteiger partial charge in [-0.25, -0.2) is 9.59 Å². The fourth-order valence-electron chi connectivity index (χ4n) is 0.850. The predicted octanol–water partition coefficient (Wildman–Crippen LogP) is -1.73. The third-order valence-corrected chi connectivity index (χ3v) is 2.33. The largest absolute Gasteiger partial charge is 1.00 e. The Balaban J connectivity index is 0. The summed E-state index contributed by atoms with van der Waals surface area (Å²) >= 11 is 0.949. The van der Waals surface area contributed by atoms with Crippen molar-refractivity contribution in [2.75, 3.05) is 7.11 Å². The van der Waals surface area contributed by atoms with Crippen LogP contribution >= 0.6 is 11.3 Å². The minimum Gasteiger partial charge on any atom is -1.00 e. The number of aromatic carboxylic acids is 2. The quantitative estimate of drug-likeness (QED) is 0.579. The van der Waals surface area contributed by atoms with Gasteiger partial charge in [-0.15, -0.1) is 11.3 Å². The van der Waals surface area contributed by atoms with E-state index in [2.05, 4.69) is 0 Å². The summed E-state index contributed by atoms with van der Waals surface area (Å²) in [5, 5.41) is 18.6. The van der Waals surface area contributed by atoms with Gasteiger partial charge in [-0.3, -0.25) is 0 Å². The average Bonchev–Trinajstić information content (AvgIpc) is 2.46. The topological polar surface area (TPSA) is 83.8 Å². The zero-order valence-electron chi connectivity index (χ0n) is 8.60. The molecular weight excluding hydrogens is 203 g/mol. The van der Waals surface area contributed by atoms with E-state index >= 15 is 0 Å². The van der Waals surface area contributed by atoms with Crippen LogP contribution in [0.1, 0.15) is 22.1 Å². The SMILES string of the molecule is COc1scc(C(=O)O)c1C(=O)O.[H-].[Li+]. The molecule has 1 aromatic heterocycles. The van der Waals surface area contributed by atoms with Gasteiger partial charge < -0.3 is 16.4 Å². The first kappa shape index (κ1) is 13.0. The molecule has 0 radical (unpaired) electrons. The zero-order chi connectivity index (χ0) is 10.0. The molecule has 0 aromatic carbocycles. The van der Waals surface area contributed by atoms with E-state index < -0.39 is 11.9 Å². The number of carboxylic acids is 2. The summed E-state index contributed by atoms with van der Waals surface area (Å²) in [7, 11) is 1.30. The Kier molecular flexibility index (Phi) is 4.70. The average molecular weight is 210 g/mol. The molecule has 1 aromatic rings. The van der Waals surface area contributed by atoms with Gasteiger partial charge in [-0.05, 0) is 0 Å². The fourth-order valence-corrected chi connectivity index (χ4v) is 1.71. The van der Waals surface area contributed by atoms with Crippen LogP contribution in [-0.4, -0.2) is 29.3 Å². The Labute approximate surface area is 97.0 Å². The van der Waals surface area contributed by atoms with Crippen LogP contribution in [0.4, 0.5) is 0 Å². The number of methoxy groups -OCH3 is 1. The van der Waals surface area contributed by atoms with Crippen LogP contribution in [0.25, 0.3) is 0 Å². The number of ether oxygens (including phenoxy) is 1. The van der Waals surface area contributed by atoms with Gasteiger partial charge in [-0.2, -0.15) is 0 Å². The molecule has 0 fully saturated rings. The summed E-state index contributed by atoms with van der Waals surface area (Å²) in [6.07, 6.45) is 0. The molecule has 0 atom stereocenters. The molecule has 0 aliphatic heterocycles. The first-order valence-corrected chi connectivity index (χ1v) is 4.08. The maximum absolute atomic E-state index is 10.6. The third-order valence-electron chi connectivity index (χ3n) is 1.39. The Hall–Kier alpha value is -0.963. The van der Waals surface area contributed by atoms with E-state index in [4.69, 9.17) is 14.9 Å². The number of hydrogen-bond donors (Lipinski definition) is 2. The van der Waals surface area contributed by atoms with Crippen molar-refractivity contribution in [3.63, 3.8) is 0 Å². The normalized spacial score (nSPS) is 8.93. The molecule has 0 saturated carbocycles. The molecule has 14 heavy (non-hydrogen) atoms. The van der Waals surface area contributed by atoms with Crippen LogP contribution in [0.5, 0.6) is 5.06 Å². The van der Waals surface area contributed by atoms with Crippen molar-refractivity contribution < 1.29 is 44.8 Å². The number of carbonyl (C=O) groups is 2. The van der Waals surface area contributed by atoms with Gasteiger partial charge in [0.05, 0.1) is 12.7 Å². The predicted molar refractivity (Wildman–Crippen MR) is 45.9 cm³/mol. The standard InChI is InChI=1S/C7H6O5S.Li.H/c1-12-7-4(6(10)11)3(2-13-7)5(8)9;;/h2H,1H3,(H,8,9)(H,10,11);;/q;+1;-1. The van der Waals surface area contributed by atoms with E-state index in [9.17, 15) is 9.59 Å². The molecular formula is C7H7LiO5S. The number of hydrogen-bond acceptors (Lipinski definition) is 4. The molecule has 0 unspecified atom stereocenters. The van der Waals surface area contributed by atoms with Crippen LogP contribution < -0.4 is 23.6 Å². The molecule has 0 saturated heterocycles. The Morgan fingerprint density at radius 2 is 2.00 bits per heavy atom. The van der Waals surface area contributed by atoms with Crippen LogP contribution in [0, 0.1) is 0 Å². The molecule has 0 spiro atoms. The number of thiophene rings is 1. The van der Waals surface area contributed by atoms with Crippen molar-refractivity contribution >= 4 is 23.3 Å². The third kappa shape index (κ3) is 2.29. The van der Waals surface area contributed by atoms with Crippen LogP contribution in [-0.2, 0) is 0 Å². The van der Waals surface area contributed by atoms with Gasteiger partial charge in [0.2, 0.25) is 0 Å². The Bertz CT molecular complexity index is 364. The molecule has 1 heterocycles. The van der Waals surface area contributed by atoms with E-state index in [1.807, 2.05) is 0 Å². The summed E-state index contributed by atoms with van der Waals surface area (Å²) in [6, 6.07) is 0. The van der Waals surface area contributed by atoms with Gasteiger partial charge >= 0.3 is 30.8 Å². The molecule has 0 aliphatic carbocycles. The van der Waals surface area contributed by atoms with Gasteiger partial charge in [0.15, 0.2) is 5.06 Å². The van der Waals surface area contributed by atoms with Crippen molar-refractivity contribution in [3.8, 4) is 5.06 Å². The summed E-state index contributed by atoms with van der Waals surface area (Å²) in [5.41, 5.74) is -0.533. The summed E-state index contributed by atoms with van der Waals surface area (Å²) in [5.74, 6) is -2.56. The maximum atomic E-state index is 10.6. The zero-order valence-corrected chi connectivity index (χ0v) is 8.42. The second kappa shape index (κ2) is 5.05. The van der Waals surface area contributed by atoms with Gasteiger partial charge in [-0.1, -0.05) is 0 Å². The number of rotatable bonds is 3. The minimum absolute atomic E-state index is 0. The van der Waals surface area contributed by atoms with E-state index in [-0.39, 0.29) is 36.5 Å². The van der Waals surface area contributed by atoms with E-state index in [1.165, 1.54) is 12.5 Å². The molecule has 1 rings (SSSR count). The minimum atomic E-state index is -1.30. The van der Waals surface area contributed by atoms with Crippen LogP contribution in [0.3, 0.4) is 0 Å². The van der Waals surface area contributed by atoms with E-state index in [1.54, 1.807) is 0 Å². The van der Waals surface area contributed by atoms with Crippen molar-refractivity contribution in [3.05, 3.63) is 16.5 Å². The molecule has 0 bridgehead atoms. The van der Waals surface area contributed by atoms with Crippen molar-refractivity contribution in [2.45, 2.75) is 0 Å². The van der Waals surface area contributed by atoms with Crippen molar-refractivity contribution in [1.82, 2.24) is 0 Å². The van der Waals surface area contributed by atoms with Gasteiger partial charge in [0.25, 0.3) is 0 Å². The fraction of sp³-hybridized carbons (Fsp3) is 0.143. The summed E-state index contributed by atoms with van der Waals surface area (Å²) in [6.45, 7) is 0. The maximum Gasteiger partial charge on any atom is 1.00 e. The first-order valence-electron chi connectivity index (χ1n) is 3.20. The van der Waals surface area contributed by atoms with E-state index in [0.717, 1.165) is 11.3 Å². The van der Waals surface area contributed by atoms with E-state index in [0.29, 0.717) is 0 Å². The van der Waals surface area contributed by atoms with Crippen molar-refractivity contribution in [1.29, 1.82) is 0 Å². The van der Waals surface area contributed by atoms with Gasteiger partial charge in [0, 0.05) is 5.38 Å². The first-order chi connectivity index (χ1) is 6.07. The monoisotopic (exact) mass is 210 g/mol. The smallest absolute Gasteiger partial charge is 1.00 e. The Morgan fingerprint density at radius 1 is 1.43 bits per heavy atom. The molecule has 2 N–H and O–H groups in total. The molecule has 7 heteroatoms. The molecule has 0 aliphatic rings. The Morgan fingerprint density at radius 3 is 2.36 bits per heavy atom. The molecule has 72 valence electrons. The summed E-state index contributed by atoms with van der Waals surface area (Å²) < 4.78 is 4.71. The number of carboxylic acid groups (broad SMARTS) is 2. The molecule has 0 amide bonds. The van der Waals surface area contributed by atoms with Crippen LogP contribution in [0.2, 0.25) is 0 Å². The summed E-state index contributed by atoms with van der Waals surface area (Å²) in [4.78, 5) is 21.2.